The first kappa shape index (κ1) is 27.3. The lowest BCUT2D eigenvalue weighted by molar-refractivity contribution is -0.192. The Morgan fingerprint density at radius 3 is 2.33 bits per heavy atom. The van der Waals surface area contributed by atoms with Gasteiger partial charge in [0.1, 0.15) is 11.9 Å². The molecule has 3 aromatic rings. The van der Waals surface area contributed by atoms with Crippen LogP contribution in [0.4, 0.5) is 48.5 Å². The van der Waals surface area contributed by atoms with Gasteiger partial charge < -0.3 is 10.0 Å². The van der Waals surface area contributed by atoms with Crippen LogP contribution in [0.5, 0.6) is 0 Å². The number of urea groups is 1. The van der Waals surface area contributed by atoms with Crippen LogP contribution in [0.2, 0.25) is 0 Å². The summed E-state index contributed by atoms with van der Waals surface area (Å²) in [5.74, 6) is -2.37. The van der Waals surface area contributed by atoms with Gasteiger partial charge in [-0.15, -0.1) is 0 Å². The van der Waals surface area contributed by atoms with Crippen LogP contribution in [0, 0.1) is 0 Å². The summed E-state index contributed by atoms with van der Waals surface area (Å²) in [7, 11) is 0. The van der Waals surface area contributed by atoms with Crippen molar-refractivity contribution in [2.75, 3.05) is 28.2 Å². The number of carbonyl (C=O) groups is 3. The number of carbonyl (C=O) groups excluding carboxylic acids is 2. The van der Waals surface area contributed by atoms with Gasteiger partial charge in [0.2, 0.25) is 0 Å². The number of carboxylic acids is 1. The second-order valence-electron chi connectivity index (χ2n) is 8.30. The molecule has 2 N–H and O–H groups in total. The third-order valence-corrected chi connectivity index (χ3v) is 5.69. The second kappa shape index (κ2) is 10.2. The number of fused-ring (bicyclic) bond motifs is 4. The van der Waals surface area contributed by atoms with Crippen molar-refractivity contribution in [1.29, 1.82) is 0 Å². The van der Waals surface area contributed by atoms with Gasteiger partial charge in [0.05, 0.1) is 23.5 Å². The number of aliphatic carboxylic acids is 1. The number of rotatable bonds is 2. The predicted molar refractivity (Wildman–Crippen MR) is 125 cm³/mol. The highest BCUT2D eigenvalue weighted by atomic mass is 19.4. The lowest BCUT2D eigenvalue weighted by atomic mass is 10.1. The number of ketones is 1. The Labute approximate surface area is 215 Å². The van der Waals surface area contributed by atoms with Gasteiger partial charge in [-0.3, -0.25) is 15.0 Å². The topological polar surface area (TPSA) is 116 Å². The molecule has 2 bridgehead atoms. The van der Waals surface area contributed by atoms with Crippen LogP contribution in [0.25, 0.3) is 11.3 Å². The maximum atomic E-state index is 13.2. The average Bonchev–Trinajstić information content (AvgIpc) is 3.20. The Kier molecular flexibility index (Phi) is 7.17. The summed E-state index contributed by atoms with van der Waals surface area (Å²) in [5.41, 5.74) is 0.296. The normalized spacial score (nSPS) is 16.3. The van der Waals surface area contributed by atoms with E-state index >= 15 is 0 Å². The number of hydrogen-bond acceptors (Lipinski definition) is 6. The molecular weight excluding hydrogens is 536 g/mol. The zero-order chi connectivity index (χ0) is 28.5. The first-order valence-corrected chi connectivity index (χ1v) is 11.0. The fourth-order valence-electron chi connectivity index (χ4n) is 3.95. The molecule has 4 heterocycles. The molecule has 0 aliphatic carbocycles. The molecule has 15 heteroatoms. The summed E-state index contributed by atoms with van der Waals surface area (Å²) in [5, 5.41) is 9.79. The molecule has 39 heavy (non-hydrogen) atoms. The average molecular weight is 553 g/mol. The van der Waals surface area contributed by atoms with Gasteiger partial charge in [0, 0.05) is 18.3 Å². The number of amides is 2. The Morgan fingerprint density at radius 1 is 1.00 bits per heavy atom. The van der Waals surface area contributed by atoms with Crippen LogP contribution in [-0.2, 0) is 15.8 Å². The molecule has 1 atom stereocenters. The van der Waals surface area contributed by atoms with Gasteiger partial charge >= 0.3 is 24.4 Å². The monoisotopic (exact) mass is 553 g/mol. The molecule has 0 spiro atoms. The highest BCUT2D eigenvalue weighted by Gasteiger charge is 2.45. The molecule has 0 radical (unpaired) electrons. The minimum Gasteiger partial charge on any atom is -0.475 e. The van der Waals surface area contributed by atoms with Crippen molar-refractivity contribution in [3.8, 4) is 11.3 Å². The zero-order valence-electron chi connectivity index (χ0n) is 19.5. The fourth-order valence-corrected chi connectivity index (χ4v) is 3.95. The smallest absolute Gasteiger partial charge is 0.475 e. The standard InChI is InChI=1S/C22H16F3N5O2.C2HF3O2/c23-22(24,25)14-5-3-4-13(10-14)15-7-8-16-20(27-15)30(17-11-29(16)12-18(17)31)21(32)28-19-6-1-2-9-26-19;3-2(4,5)1(6)7/h1-10,17H,11-12H2,(H,26,28,32);(H,6,7)/t17-;/m1./s1. The number of aromatic nitrogens is 2. The van der Waals surface area contributed by atoms with E-state index in [1.54, 1.807) is 30.3 Å². The summed E-state index contributed by atoms with van der Waals surface area (Å²) >= 11 is 0. The van der Waals surface area contributed by atoms with Gasteiger partial charge in [0.15, 0.2) is 11.6 Å². The lowest BCUT2D eigenvalue weighted by Gasteiger charge is -2.34. The van der Waals surface area contributed by atoms with Crippen molar-refractivity contribution in [2.45, 2.75) is 18.4 Å². The van der Waals surface area contributed by atoms with Gasteiger partial charge in [-0.05, 0) is 36.4 Å². The van der Waals surface area contributed by atoms with Gasteiger partial charge in [0.25, 0.3) is 0 Å². The Morgan fingerprint density at radius 2 is 1.72 bits per heavy atom. The number of benzene rings is 1. The van der Waals surface area contributed by atoms with Crippen molar-refractivity contribution in [2.24, 2.45) is 0 Å². The van der Waals surface area contributed by atoms with E-state index in [0.717, 1.165) is 12.1 Å². The highest BCUT2D eigenvalue weighted by Crippen LogP contribution is 2.40. The molecule has 1 fully saturated rings. The number of halogens is 6. The second-order valence-corrected chi connectivity index (χ2v) is 8.30. The Bertz CT molecular complexity index is 1410. The molecule has 0 saturated carbocycles. The third kappa shape index (κ3) is 5.91. The first-order chi connectivity index (χ1) is 18.3. The summed E-state index contributed by atoms with van der Waals surface area (Å²) in [6.07, 6.45) is -8.05. The molecule has 1 saturated heterocycles. The van der Waals surface area contributed by atoms with Crippen LogP contribution >= 0.6 is 0 Å². The zero-order valence-corrected chi connectivity index (χ0v) is 19.5. The number of Topliss-reactive ketones (excluding diaryl/α,β-unsaturated/α-hetero) is 1. The maximum Gasteiger partial charge on any atom is 0.490 e. The summed E-state index contributed by atoms with van der Waals surface area (Å²) in [6.45, 7) is 0.460. The van der Waals surface area contributed by atoms with Gasteiger partial charge in [-0.25, -0.2) is 19.6 Å². The van der Waals surface area contributed by atoms with E-state index in [9.17, 15) is 35.9 Å². The van der Waals surface area contributed by atoms with Crippen molar-refractivity contribution < 1.29 is 45.8 Å². The summed E-state index contributed by atoms with van der Waals surface area (Å²) in [6, 6.07) is 11.8. The van der Waals surface area contributed by atoms with E-state index < -0.39 is 36.0 Å². The Hall–Kier alpha value is -4.69. The van der Waals surface area contributed by atoms with Crippen LogP contribution < -0.4 is 15.1 Å². The molecule has 5 rings (SSSR count). The molecule has 2 aliphatic heterocycles. The fraction of sp³-hybridized carbons (Fsp3) is 0.208. The van der Waals surface area contributed by atoms with Crippen LogP contribution in [-0.4, -0.2) is 58.2 Å². The van der Waals surface area contributed by atoms with E-state index in [1.165, 1.54) is 23.2 Å². The highest BCUT2D eigenvalue weighted by molar-refractivity contribution is 6.12. The molecule has 2 amide bonds. The Balaban J connectivity index is 0.000000448. The van der Waals surface area contributed by atoms with Crippen LogP contribution in [0.3, 0.4) is 0 Å². The number of pyridine rings is 2. The number of anilines is 3. The molecule has 204 valence electrons. The SMILES string of the molecule is O=C(O)C(F)(F)F.O=C1CN2C[C@H]1N(C(=O)Nc1ccccn1)c1nc(-c3cccc(C(F)(F)F)c3)ccc12. The summed E-state index contributed by atoms with van der Waals surface area (Å²) in [4.78, 5) is 46.2. The molecule has 2 aliphatic rings. The van der Waals surface area contributed by atoms with Crippen LogP contribution in [0.1, 0.15) is 5.56 Å². The van der Waals surface area contributed by atoms with E-state index in [0.29, 0.717) is 18.1 Å². The largest absolute Gasteiger partial charge is 0.490 e. The van der Waals surface area contributed by atoms with Crippen molar-refractivity contribution in [3.63, 3.8) is 0 Å². The van der Waals surface area contributed by atoms with E-state index in [1.807, 2.05) is 4.90 Å². The number of nitrogens with one attached hydrogen (secondary N) is 1. The van der Waals surface area contributed by atoms with E-state index in [2.05, 4.69) is 15.3 Å². The van der Waals surface area contributed by atoms with Gasteiger partial charge in [-0.2, -0.15) is 26.3 Å². The quantitative estimate of drug-likeness (QED) is 0.446. The maximum absolute atomic E-state index is 13.2. The van der Waals surface area contributed by atoms with Gasteiger partial charge in [-0.1, -0.05) is 18.2 Å². The van der Waals surface area contributed by atoms with Crippen LogP contribution in [0.15, 0.2) is 60.8 Å². The predicted octanol–water partition coefficient (Wildman–Crippen LogP) is 4.61. The minimum atomic E-state index is -5.08. The van der Waals surface area contributed by atoms with Crippen molar-refractivity contribution in [1.82, 2.24) is 9.97 Å². The molecule has 1 aromatic carbocycles. The summed E-state index contributed by atoms with van der Waals surface area (Å²) < 4.78 is 71.2. The van der Waals surface area contributed by atoms with Crippen molar-refractivity contribution >= 4 is 35.1 Å². The number of carboxylic acid groups (broad SMARTS) is 1. The number of alkyl halides is 6. The molecule has 2 aromatic heterocycles. The third-order valence-electron chi connectivity index (χ3n) is 5.69. The van der Waals surface area contributed by atoms with E-state index in [4.69, 9.17) is 9.90 Å². The van der Waals surface area contributed by atoms with Crippen molar-refractivity contribution in [3.05, 3.63) is 66.4 Å². The molecule has 9 nitrogen and oxygen atoms in total. The first-order valence-electron chi connectivity index (χ1n) is 11.0. The molecule has 0 unspecified atom stereocenters. The lowest BCUT2D eigenvalue weighted by Crippen LogP contribution is -2.50. The number of hydrogen-bond donors (Lipinski definition) is 2. The van der Waals surface area contributed by atoms with E-state index in [-0.39, 0.29) is 29.4 Å². The number of nitrogens with zero attached hydrogens (tertiary/aromatic N) is 4. The molecular formula is C24H17F6N5O4. The minimum absolute atomic E-state index is 0.135.